The topological polar surface area (TPSA) is 24.7 Å². The lowest BCUT2D eigenvalue weighted by molar-refractivity contribution is 1.45. The highest BCUT2D eigenvalue weighted by molar-refractivity contribution is 6.18. The molecule has 0 aromatic rings. The lowest BCUT2D eigenvalue weighted by Gasteiger charge is -1.81. The van der Waals surface area contributed by atoms with Gasteiger partial charge in [0.15, 0.2) is 0 Å². The van der Waals surface area contributed by atoms with Crippen LogP contribution in [-0.2, 0) is 0 Å². The maximum Gasteiger partial charge on any atom is 0.124 e. The van der Waals surface area contributed by atoms with Crippen molar-refractivity contribution in [2.24, 2.45) is 9.98 Å². The van der Waals surface area contributed by atoms with E-state index >= 15 is 0 Å². The number of nitrogens with zero attached hydrogens (tertiary/aromatic N) is 2. The van der Waals surface area contributed by atoms with Crippen molar-refractivity contribution >= 4 is 24.2 Å². The summed E-state index contributed by atoms with van der Waals surface area (Å²) in [4.78, 5) is 7.42. The Hall–Kier alpha value is -0.630. The molecule has 0 rings (SSSR count). The molecule has 0 amide bonds. The summed E-state index contributed by atoms with van der Waals surface area (Å²) in [5.41, 5.74) is 0. The van der Waals surface area contributed by atoms with E-state index in [2.05, 4.69) is 16.7 Å². The zero-order chi connectivity index (χ0) is 7.11. The first-order valence-electron chi connectivity index (χ1n) is 2.53. The molecule has 0 saturated heterocycles. The predicted molar refractivity (Wildman–Crippen MR) is 42.5 cm³/mol. The Balaban J connectivity index is 3.68. The van der Waals surface area contributed by atoms with Crippen LogP contribution in [0.3, 0.4) is 0 Å². The molecule has 50 valence electrons. The number of hydrogen-bond donors (Lipinski definition) is 0. The van der Waals surface area contributed by atoms with Gasteiger partial charge in [0.05, 0.1) is 0 Å². The highest BCUT2D eigenvalue weighted by Crippen LogP contribution is 1.82. The van der Waals surface area contributed by atoms with Crippen molar-refractivity contribution < 1.29 is 0 Å². The first-order chi connectivity index (χ1) is 4.31. The number of allylic oxidation sites excluding steroid dienone is 1. The SMILES string of the molecule is C=NC(C)=N/C=C\CCl. The van der Waals surface area contributed by atoms with Crippen LogP contribution in [0.4, 0.5) is 0 Å². The normalized spacial score (nSPS) is 12.4. The van der Waals surface area contributed by atoms with Crippen LogP contribution in [0.1, 0.15) is 6.92 Å². The summed E-state index contributed by atoms with van der Waals surface area (Å²) in [5, 5.41) is 0. The molecule has 0 spiro atoms. The van der Waals surface area contributed by atoms with Crippen LogP contribution in [0.25, 0.3) is 0 Å². The number of aliphatic imine (C=N–C) groups is 2. The van der Waals surface area contributed by atoms with Crippen molar-refractivity contribution in [3.8, 4) is 0 Å². The van der Waals surface area contributed by atoms with E-state index in [0.29, 0.717) is 11.7 Å². The van der Waals surface area contributed by atoms with Gasteiger partial charge < -0.3 is 0 Å². The summed E-state index contributed by atoms with van der Waals surface area (Å²) < 4.78 is 0. The number of hydrogen-bond acceptors (Lipinski definition) is 1. The van der Waals surface area contributed by atoms with Crippen LogP contribution >= 0.6 is 11.6 Å². The summed E-state index contributed by atoms with van der Waals surface area (Å²) in [5.74, 6) is 1.13. The lowest BCUT2D eigenvalue weighted by atomic mass is 10.6. The third-order valence-corrected chi connectivity index (χ3v) is 0.863. The number of alkyl halides is 1. The van der Waals surface area contributed by atoms with Crippen LogP contribution in [0, 0.1) is 0 Å². The van der Waals surface area contributed by atoms with Crippen LogP contribution < -0.4 is 0 Å². The van der Waals surface area contributed by atoms with Crippen molar-refractivity contribution in [2.45, 2.75) is 6.92 Å². The predicted octanol–water partition coefficient (Wildman–Crippen LogP) is 1.86. The highest BCUT2D eigenvalue weighted by atomic mass is 35.5. The summed E-state index contributed by atoms with van der Waals surface area (Å²) in [7, 11) is 0. The Labute approximate surface area is 60.0 Å². The van der Waals surface area contributed by atoms with Gasteiger partial charge in [0, 0.05) is 12.1 Å². The van der Waals surface area contributed by atoms with Crippen LogP contribution in [0.2, 0.25) is 0 Å². The van der Waals surface area contributed by atoms with E-state index in [9.17, 15) is 0 Å². The fraction of sp³-hybridized carbons (Fsp3) is 0.333. The Kier molecular flexibility index (Phi) is 5.12. The number of halogens is 1. The van der Waals surface area contributed by atoms with Gasteiger partial charge in [-0.25, -0.2) is 9.98 Å². The fourth-order valence-electron chi connectivity index (χ4n) is 0.241. The molecule has 0 aliphatic heterocycles. The molecule has 0 aliphatic carbocycles. The largest absolute Gasteiger partial charge is 0.250 e. The summed E-state index contributed by atoms with van der Waals surface area (Å²) in [6.45, 7) is 5.06. The smallest absolute Gasteiger partial charge is 0.124 e. The molecule has 0 N–H and O–H groups in total. The highest BCUT2D eigenvalue weighted by Gasteiger charge is 1.74. The van der Waals surface area contributed by atoms with Crippen molar-refractivity contribution in [1.82, 2.24) is 0 Å². The molecule has 0 unspecified atom stereocenters. The van der Waals surface area contributed by atoms with Crippen molar-refractivity contribution in [2.75, 3.05) is 5.88 Å². The van der Waals surface area contributed by atoms with Gasteiger partial charge in [-0.15, -0.1) is 11.6 Å². The van der Waals surface area contributed by atoms with E-state index in [1.807, 2.05) is 0 Å². The van der Waals surface area contributed by atoms with E-state index in [-0.39, 0.29) is 0 Å². The van der Waals surface area contributed by atoms with Gasteiger partial charge in [-0.3, -0.25) is 0 Å². The average Bonchev–Trinajstić information content (AvgIpc) is 1.89. The second-order valence-corrected chi connectivity index (χ2v) is 1.68. The average molecular weight is 145 g/mol. The van der Waals surface area contributed by atoms with E-state index < -0.39 is 0 Å². The Morgan fingerprint density at radius 3 is 2.89 bits per heavy atom. The minimum Gasteiger partial charge on any atom is -0.250 e. The Bertz CT molecular complexity index is 138. The van der Waals surface area contributed by atoms with Crippen LogP contribution in [0.5, 0.6) is 0 Å². The third kappa shape index (κ3) is 5.24. The fourth-order valence-corrected chi connectivity index (χ4v) is 0.321. The van der Waals surface area contributed by atoms with Gasteiger partial charge in [0.2, 0.25) is 0 Å². The summed E-state index contributed by atoms with van der Waals surface area (Å²) in [6.07, 6.45) is 3.34. The third-order valence-electron chi connectivity index (χ3n) is 0.685. The molecule has 2 nitrogen and oxygen atoms in total. The zero-order valence-electron chi connectivity index (χ0n) is 5.34. The molecule has 0 atom stereocenters. The molecular weight excluding hydrogens is 136 g/mol. The van der Waals surface area contributed by atoms with Gasteiger partial charge in [0.1, 0.15) is 5.84 Å². The van der Waals surface area contributed by atoms with Crippen molar-refractivity contribution in [3.05, 3.63) is 12.3 Å². The maximum atomic E-state index is 5.33. The van der Waals surface area contributed by atoms with Crippen molar-refractivity contribution in [1.29, 1.82) is 0 Å². The monoisotopic (exact) mass is 144 g/mol. The molecule has 0 bridgehead atoms. The first kappa shape index (κ1) is 8.37. The molecule has 0 fully saturated rings. The molecule has 0 saturated carbocycles. The molecule has 0 aliphatic rings. The maximum absolute atomic E-state index is 5.33. The Morgan fingerprint density at radius 2 is 2.44 bits per heavy atom. The first-order valence-corrected chi connectivity index (χ1v) is 3.07. The van der Waals surface area contributed by atoms with Crippen LogP contribution in [-0.4, -0.2) is 18.4 Å². The van der Waals surface area contributed by atoms with Gasteiger partial charge >= 0.3 is 0 Å². The quantitative estimate of drug-likeness (QED) is 0.321. The van der Waals surface area contributed by atoms with E-state index in [1.165, 1.54) is 0 Å². The second kappa shape index (κ2) is 5.51. The van der Waals surface area contributed by atoms with Gasteiger partial charge in [-0.2, -0.15) is 0 Å². The zero-order valence-corrected chi connectivity index (χ0v) is 6.10. The van der Waals surface area contributed by atoms with E-state index in [0.717, 1.165) is 0 Å². The standard InChI is InChI=1S/C6H9ClN2/c1-6(8-2)9-5-3-4-7/h3,5H,2,4H2,1H3/b5-3-,9-6?. The summed E-state index contributed by atoms with van der Waals surface area (Å²) >= 11 is 5.33. The molecular formula is C6H9ClN2. The van der Waals surface area contributed by atoms with Crippen molar-refractivity contribution in [3.63, 3.8) is 0 Å². The minimum absolute atomic E-state index is 0.480. The van der Waals surface area contributed by atoms with E-state index in [1.54, 1.807) is 19.2 Å². The minimum atomic E-state index is 0.480. The lowest BCUT2D eigenvalue weighted by Crippen LogP contribution is -1.79. The molecule has 0 aromatic heterocycles. The summed E-state index contributed by atoms with van der Waals surface area (Å²) in [6, 6.07) is 0. The number of amidine groups is 1. The Morgan fingerprint density at radius 1 is 1.78 bits per heavy atom. The number of rotatable bonds is 2. The molecule has 0 heterocycles. The van der Waals surface area contributed by atoms with Gasteiger partial charge in [-0.05, 0) is 13.6 Å². The van der Waals surface area contributed by atoms with E-state index in [4.69, 9.17) is 11.6 Å². The molecule has 3 heteroatoms. The van der Waals surface area contributed by atoms with Crippen LogP contribution in [0.15, 0.2) is 22.3 Å². The van der Waals surface area contributed by atoms with Gasteiger partial charge in [0.25, 0.3) is 0 Å². The molecule has 9 heavy (non-hydrogen) atoms. The second-order valence-electron chi connectivity index (χ2n) is 1.37. The molecule has 0 radical (unpaired) electrons. The van der Waals surface area contributed by atoms with Gasteiger partial charge in [-0.1, -0.05) is 6.08 Å². The molecule has 0 aromatic carbocycles.